The largest absolute Gasteiger partial charge is 0.478 e. The van der Waals surface area contributed by atoms with Crippen LogP contribution in [0.25, 0.3) is 0 Å². The molecule has 0 heterocycles. The van der Waals surface area contributed by atoms with Crippen LogP contribution in [0.3, 0.4) is 0 Å². The van der Waals surface area contributed by atoms with Gasteiger partial charge in [0, 0.05) is 0 Å². The highest BCUT2D eigenvalue weighted by Gasteiger charge is 2.09. The van der Waals surface area contributed by atoms with E-state index in [1.807, 2.05) is 12.1 Å². The van der Waals surface area contributed by atoms with Crippen LogP contribution in [0.1, 0.15) is 47.7 Å². The summed E-state index contributed by atoms with van der Waals surface area (Å²) in [6, 6.07) is 17.9. The summed E-state index contributed by atoms with van der Waals surface area (Å²) in [5.74, 6) is -0.194. The third-order valence-electron chi connectivity index (χ3n) is 4.22. The van der Waals surface area contributed by atoms with Crippen molar-refractivity contribution in [2.45, 2.75) is 39.0 Å². The summed E-state index contributed by atoms with van der Waals surface area (Å²) in [4.78, 5) is 10.9. The van der Waals surface area contributed by atoms with Gasteiger partial charge in [0.25, 0.3) is 0 Å². The number of aryl methyl sites for hydroxylation is 1. The van der Waals surface area contributed by atoms with Crippen LogP contribution in [0.15, 0.2) is 54.6 Å². The van der Waals surface area contributed by atoms with E-state index in [1.54, 1.807) is 12.1 Å². The van der Waals surface area contributed by atoms with E-state index in [2.05, 4.69) is 37.3 Å². The molecular formula is C20H24O2. The average Bonchev–Trinajstić information content (AvgIpc) is 2.55. The molecule has 2 nitrogen and oxygen atoms in total. The van der Waals surface area contributed by atoms with Gasteiger partial charge >= 0.3 is 5.97 Å². The second-order valence-electron chi connectivity index (χ2n) is 5.86. The zero-order valence-corrected chi connectivity index (χ0v) is 13.2. The minimum Gasteiger partial charge on any atom is -0.478 e. The Hall–Kier alpha value is -2.09. The highest BCUT2D eigenvalue weighted by Crippen LogP contribution is 2.19. The topological polar surface area (TPSA) is 37.3 Å². The predicted octanol–water partition coefficient (Wildman–Crippen LogP) is 4.98. The van der Waals surface area contributed by atoms with Gasteiger partial charge in [-0.3, -0.25) is 0 Å². The molecule has 1 atom stereocenters. The minimum absolute atomic E-state index is 0.362. The Bertz CT molecular complexity index is 572. The number of carbonyl (C=O) groups is 1. The first-order valence-electron chi connectivity index (χ1n) is 8.05. The third kappa shape index (κ3) is 5.03. The van der Waals surface area contributed by atoms with Crippen molar-refractivity contribution >= 4 is 5.97 Å². The Kier molecular flexibility index (Phi) is 6.20. The Morgan fingerprint density at radius 3 is 2.27 bits per heavy atom. The number of benzene rings is 2. The monoisotopic (exact) mass is 296 g/mol. The van der Waals surface area contributed by atoms with Crippen LogP contribution >= 0.6 is 0 Å². The Labute approximate surface area is 132 Å². The first kappa shape index (κ1) is 16.3. The molecule has 0 saturated heterocycles. The minimum atomic E-state index is -0.860. The Balaban J connectivity index is 1.82. The van der Waals surface area contributed by atoms with E-state index in [0.717, 1.165) is 19.3 Å². The molecule has 2 aromatic rings. The van der Waals surface area contributed by atoms with Crippen molar-refractivity contribution in [2.75, 3.05) is 0 Å². The molecule has 0 aliphatic carbocycles. The SMILES string of the molecule is CCC(CCCc1ccccc1)Cc1ccc(C(=O)O)cc1. The van der Waals surface area contributed by atoms with Crippen LogP contribution in [0.2, 0.25) is 0 Å². The van der Waals surface area contributed by atoms with E-state index >= 15 is 0 Å². The lowest BCUT2D eigenvalue weighted by Crippen LogP contribution is -2.05. The molecule has 0 radical (unpaired) electrons. The van der Waals surface area contributed by atoms with Crippen LogP contribution in [-0.2, 0) is 12.8 Å². The molecule has 0 saturated carbocycles. The van der Waals surface area contributed by atoms with Crippen molar-refractivity contribution in [3.05, 3.63) is 71.3 Å². The van der Waals surface area contributed by atoms with Gasteiger partial charge in [0.05, 0.1) is 5.56 Å². The van der Waals surface area contributed by atoms with Gasteiger partial charge in [0.15, 0.2) is 0 Å². The smallest absolute Gasteiger partial charge is 0.335 e. The molecule has 116 valence electrons. The van der Waals surface area contributed by atoms with Crippen LogP contribution < -0.4 is 0 Å². The summed E-state index contributed by atoms with van der Waals surface area (Å²) in [6.45, 7) is 2.23. The standard InChI is InChI=1S/C20H24O2/c1-2-16(9-6-10-17-7-4-3-5-8-17)15-18-11-13-19(14-12-18)20(21)22/h3-5,7-8,11-14,16H,2,6,9-10,15H2,1H3,(H,21,22). The number of hydrogen-bond acceptors (Lipinski definition) is 1. The number of hydrogen-bond donors (Lipinski definition) is 1. The van der Waals surface area contributed by atoms with E-state index in [9.17, 15) is 4.79 Å². The summed E-state index contributed by atoms with van der Waals surface area (Å²) in [5.41, 5.74) is 3.00. The van der Waals surface area contributed by atoms with Crippen LogP contribution in [0.4, 0.5) is 0 Å². The number of carboxylic acids is 1. The highest BCUT2D eigenvalue weighted by molar-refractivity contribution is 5.87. The lowest BCUT2D eigenvalue weighted by molar-refractivity contribution is 0.0697. The van der Waals surface area contributed by atoms with Crippen molar-refractivity contribution in [2.24, 2.45) is 5.92 Å². The van der Waals surface area contributed by atoms with Crippen molar-refractivity contribution in [3.63, 3.8) is 0 Å². The maximum absolute atomic E-state index is 10.9. The molecule has 2 heteroatoms. The molecular weight excluding hydrogens is 272 g/mol. The molecule has 0 bridgehead atoms. The molecule has 0 spiro atoms. The molecule has 1 unspecified atom stereocenters. The summed E-state index contributed by atoms with van der Waals surface area (Å²) in [6.07, 6.45) is 5.75. The lowest BCUT2D eigenvalue weighted by Gasteiger charge is -2.15. The van der Waals surface area contributed by atoms with Gasteiger partial charge in [0.2, 0.25) is 0 Å². The molecule has 2 rings (SSSR count). The maximum atomic E-state index is 10.9. The number of rotatable bonds is 8. The molecule has 1 N–H and O–H groups in total. The molecule has 2 aromatic carbocycles. The second kappa shape index (κ2) is 8.38. The number of carboxylic acid groups (broad SMARTS) is 1. The second-order valence-corrected chi connectivity index (χ2v) is 5.86. The zero-order chi connectivity index (χ0) is 15.8. The summed E-state index contributed by atoms with van der Waals surface area (Å²) < 4.78 is 0. The predicted molar refractivity (Wildman–Crippen MR) is 90.3 cm³/mol. The van der Waals surface area contributed by atoms with Gasteiger partial charge in [0.1, 0.15) is 0 Å². The zero-order valence-electron chi connectivity index (χ0n) is 13.2. The van der Waals surface area contributed by atoms with Crippen LogP contribution in [0, 0.1) is 5.92 Å². The first-order valence-corrected chi connectivity index (χ1v) is 8.05. The molecule has 0 fully saturated rings. The van der Waals surface area contributed by atoms with Gasteiger partial charge in [-0.15, -0.1) is 0 Å². The summed E-state index contributed by atoms with van der Waals surface area (Å²) in [7, 11) is 0. The Morgan fingerprint density at radius 2 is 1.68 bits per heavy atom. The van der Waals surface area contributed by atoms with E-state index < -0.39 is 5.97 Å². The lowest BCUT2D eigenvalue weighted by atomic mass is 9.91. The van der Waals surface area contributed by atoms with Gasteiger partial charge < -0.3 is 5.11 Å². The quantitative estimate of drug-likeness (QED) is 0.746. The average molecular weight is 296 g/mol. The van der Waals surface area contributed by atoms with Crippen molar-refractivity contribution < 1.29 is 9.90 Å². The summed E-state index contributed by atoms with van der Waals surface area (Å²) in [5, 5.41) is 8.93. The van der Waals surface area contributed by atoms with Gasteiger partial charge in [-0.2, -0.15) is 0 Å². The molecule has 0 amide bonds. The fraction of sp³-hybridized carbons (Fsp3) is 0.350. The Morgan fingerprint density at radius 1 is 1.00 bits per heavy atom. The fourth-order valence-electron chi connectivity index (χ4n) is 2.81. The first-order chi connectivity index (χ1) is 10.7. The van der Waals surface area contributed by atoms with E-state index in [1.165, 1.54) is 24.0 Å². The third-order valence-corrected chi connectivity index (χ3v) is 4.22. The number of aromatic carboxylic acids is 1. The maximum Gasteiger partial charge on any atom is 0.335 e. The normalized spacial score (nSPS) is 12.0. The highest BCUT2D eigenvalue weighted by atomic mass is 16.4. The van der Waals surface area contributed by atoms with E-state index in [0.29, 0.717) is 11.5 Å². The van der Waals surface area contributed by atoms with Gasteiger partial charge in [-0.05, 0) is 54.9 Å². The van der Waals surface area contributed by atoms with E-state index in [-0.39, 0.29) is 0 Å². The molecule has 22 heavy (non-hydrogen) atoms. The van der Waals surface area contributed by atoms with Crippen molar-refractivity contribution in [3.8, 4) is 0 Å². The summed E-state index contributed by atoms with van der Waals surface area (Å²) >= 11 is 0. The van der Waals surface area contributed by atoms with E-state index in [4.69, 9.17) is 5.11 Å². The van der Waals surface area contributed by atoms with Crippen molar-refractivity contribution in [1.82, 2.24) is 0 Å². The molecule has 0 aromatic heterocycles. The van der Waals surface area contributed by atoms with Crippen molar-refractivity contribution in [1.29, 1.82) is 0 Å². The molecule has 0 aliphatic rings. The van der Waals surface area contributed by atoms with Gasteiger partial charge in [-0.25, -0.2) is 4.79 Å². The molecule has 0 aliphatic heterocycles. The fourth-order valence-corrected chi connectivity index (χ4v) is 2.81. The van der Waals surface area contributed by atoms with Crippen LogP contribution in [-0.4, -0.2) is 11.1 Å². The van der Waals surface area contributed by atoms with Gasteiger partial charge in [-0.1, -0.05) is 55.8 Å². The van der Waals surface area contributed by atoms with Crippen LogP contribution in [0.5, 0.6) is 0 Å².